The quantitative estimate of drug-likeness (QED) is 0.486. The molecule has 0 amide bonds. The van der Waals surface area contributed by atoms with E-state index in [1.807, 2.05) is 11.8 Å². The zero-order valence-electron chi connectivity index (χ0n) is 9.87. The van der Waals surface area contributed by atoms with Gasteiger partial charge in [0.25, 0.3) is 0 Å². The van der Waals surface area contributed by atoms with Crippen molar-refractivity contribution < 1.29 is 0 Å². The Balaban J connectivity index is 3.24. The molecule has 15 heavy (non-hydrogen) atoms. The summed E-state index contributed by atoms with van der Waals surface area (Å²) >= 11 is 1.90. The van der Waals surface area contributed by atoms with E-state index in [-0.39, 0.29) is 10.8 Å². The molecule has 0 unspecified atom stereocenters. The second-order valence-corrected chi connectivity index (χ2v) is 6.20. The number of hydrazone groups is 2. The Morgan fingerprint density at radius 1 is 0.933 bits per heavy atom. The van der Waals surface area contributed by atoms with Gasteiger partial charge in [-0.2, -0.15) is 22.0 Å². The summed E-state index contributed by atoms with van der Waals surface area (Å²) < 4.78 is 0. The van der Waals surface area contributed by atoms with Gasteiger partial charge in [-0.3, -0.25) is 0 Å². The van der Waals surface area contributed by atoms with Crippen molar-refractivity contribution in [1.82, 2.24) is 0 Å². The van der Waals surface area contributed by atoms with Crippen molar-refractivity contribution in [2.45, 2.75) is 27.7 Å². The minimum Gasteiger partial charge on any atom is -0.323 e. The fourth-order valence-corrected chi connectivity index (χ4v) is 3.21. The Labute approximate surface area is 95.6 Å². The highest BCUT2D eigenvalue weighted by Crippen LogP contribution is 2.36. The topological polar surface area (TPSA) is 76.8 Å². The summed E-state index contributed by atoms with van der Waals surface area (Å²) in [5.41, 5.74) is 1.54. The Bertz CT molecular complexity index is 275. The molecule has 0 bridgehead atoms. The maximum atomic E-state index is 5.48. The monoisotopic (exact) mass is 228 g/mol. The first kappa shape index (κ1) is 12.4. The minimum atomic E-state index is -0.0641. The standard InChI is InChI=1S/C10H20N4S/c1-9(2)5-15-6-10(3,4)8(14-12)7(9)13-11/h5-6,11-12H2,1-4H3. The molecule has 1 aliphatic rings. The molecule has 0 spiro atoms. The highest BCUT2D eigenvalue weighted by molar-refractivity contribution is 7.99. The minimum absolute atomic E-state index is 0.0641. The van der Waals surface area contributed by atoms with Crippen molar-refractivity contribution in [3.63, 3.8) is 0 Å². The Morgan fingerprint density at radius 3 is 1.53 bits per heavy atom. The zero-order chi connectivity index (χ0) is 11.7. The lowest BCUT2D eigenvalue weighted by atomic mass is 9.77. The van der Waals surface area contributed by atoms with Crippen LogP contribution in [0.25, 0.3) is 0 Å². The molecule has 0 saturated carbocycles. The van der Waals surface area contributed by atoms with Crippen molar-refractivity contribution in [1.29, 1.82) is 0 Å². The molecule has 0 aliphatic carbocycles. The van der Waals surface area contributed by atoms with Crippen molar-refractivity contribution in [3.05, 3.63) is 0 Å². The van der Waals surface area contributed by atoms with Crippen LogP contribution in [0.3, 0.4) is 0 Å². The second kappa shape index (κ2) is 4.04. The second-order valence-electron chi connectivity index (χ2n) is 5.22. The first-order chi connectivity index (χ1) is 6.85. The molecule has 1 heterocycles. The van der Waals surface area contributed by atoms with Crippen LogP contribution in [-0.4, -0.2) is 22.9 Å². The summed E-state index contributed by atoms with van der Waals surface area (Å²) in [6.07, 6.45) is 0. The number of nitrogens with zero attached hydrogens (tertiary/aromatic N) is 2. The molecule has 0 atom stereocenters. The molecular weight excluding hydrogens is 208 g/mol. The lowest BCUT2D eigenvalue weighted by molar-refractivity contribution is 0.593. The van der Waals surface area contributed by atoms with Gasteiger partial charge in [0.1, 0.15) is 0 Å². The number of thioether (sulfide) groups is 1. The van der Waals surface area contributed by atoms with Gasteiger partial charge in [-0.15, -0.1) is 0 Å². The van der Waals surface area contributed by atoms with Crippen molar-refractivity contribution in [2.75, 3.05) is 11.5 Å². The number of hydrogen-bond acceptors (Lipinski definition) is 5. The van der Waals surface area contributed by atoms with E-state index in [2.05, 4.69) is 37.9 Å². The molecule has 0 radical (unpaired) electrons. The van der Waals surface area contributed by atoms with Crippen molar-refractivity contribution in [2.24, 2.45) is 32.7 Å². The first-order valence-corrected chi connectivity index (χ1v) is 6.15. The summed E-state index contributed by atoms with van der Waals surface area (Å²) in [6, 6.07) is 0. The Hall–Kier alpha value is -0.710. The van der Waals surface area contributed by atoms with Gasteiger partial charge in [-0.1, -0.05) is 27.7 Å². The molecule has 1 fully saturated rings. The molecule has 0 aromatic heterocycles. The average molecular weight is 228 g/mol. The third kappa shape index (κ3) is 2.27. The van der Waals surface area contributed by atoms with Crippen LogP contribution in [0.4, 0.5) is 0 Å². The predicted molar refractivity (Wildman–Crippen MR) is 68.1 cm³/mol. The molecule has 1 aliphatic heterocycles. The molecule has 0 aromatic rings. The van der Waals surface area contributed by atoms with E-state index in [0.29, 0.717) is 0 Å². The average Bonchev–Trinajstić information content (AvgIpc) is 2.19. The van der Waals surface area contributed by atoms with Gasteiger partial charge in [0.2, 0.25) is 0 Å². The van der Waals surface area contributed by atoms with Gasteiger partial charge in [-0.25, -0.2) is 0 Å². The lowest BCUT2D eigenvalue weighted by Gasteiger charge is -2.27. The van der Waals surface area contributed by atoms with E-state index in [9.17, 15) is 0 Å². The van der Waals surface area contributed by atoms with Crippen LogP contribution in [0.15, 0.2) is 10.2 Å². The highest BCUT2D eigenvalue weighted by Gasteiger charge is 2.40. The molecular formula is C10H20N4S. The van der Waals surface area contributed by atoms with Gasteiger partial charge in [0.15, 0.2) is 0 Å². The number of nitrogens with two attached hydrogens (primary N) is 2. The largest absolute Gasteiger partial charge is 0.323 e. The molecule has 0 aromatic carbocycles. The zero-order valence-corrected chi connectivity index (χ0v) is 10.7. The summed E-state index contributed by atoms with van der Waals surface area (Å²) in [5.74, 6) is 12.9. The molecule has 4 N–H and O–H groups in total. The van der Waals surface area contributed by atoms with Crippen LogP contribution in [0.1, 0.15) is 27.7 Å². The van der Waals surface area contributed by atoms with Crippen molar-refractivity contribution >= 4 is 23.2 Å². The van der Waals surface area contributed by atoms with E-state index < -0.39 is 0 Å². The molecule has 5 heteroatoms. The Kier molecular flexibility index (Phi) is 3.33. The molecule has 4 nitrogen and oxygen atoms in total. The lowest BCUT2D eigenvalue weighted by Crippen LogP contribution is -2.40. The fraction of sp³-hybridized carbons (Fsp3) is 0.800. The van der Waals surface area contributed by atoms with Crippen LogP contribution < -0.4 is 11.7 Å². The van der Waals surface area contributed by atoms with E-state index >= 15 is 0 Å². The first-order valence-electron chi connectivity index (χ1n) is 5.00. The van der Waals surface area contributed by atoms with E-state index in [4.69, 9.17) is 11.7 Å². The maximum Gasteiger partial charge on any atom is 0.0902 e. The molecule has 86 valence electrons. The van der Waals surface area contributed by atoms with Gasteiger partial charge in [-0.05, 0) is 0 Å². The normalized spacial score (nSPS) is 30.4. The predicted octanol–water partition coefficient (Wildman–Crippen LogP) is 1.42. The third-order valence-corrected chi connectivity index (χ3v) is 4.54. The Morgan fingerprint density at radius 2 is 1.27 bits per heavy atom. The van der Waals surface area contributed by atoms with Crippen LogP contribution in [0.5, 0.6) is 0 Å². The third-order valence-electron chi connectivity index (χ3n) is 2.69. The van der Waals surface area contributed by atoms with Gasteiger partial charge < -0.3 is 11.7 Å². The van der Waals surface area contributed by atoms with Crippen LogP contribution in [0.2, 0.25) is 0 Å². The van der Waals surface area contributed by atoms with E-state index in [0.717, 1.165) is 22.9 Å². The van der Waals surface area contributed by atoms with E-state index in [1.54, 1.807) is 0 Å². The SMILES string of the molecule is CC1(C)CSCC(C)(C)C(=NN)C1=NN. The van der Waals surface area contributed by atoms with Crippen LogP contribution in [0, 0.1) is 10.8 Å². The van der Waals surface area contributed by atoms with Gasteiger partial charge in [0.05, 0.1) is 11.4 Å². The fourth-order valence-electron chi connectivity index (χ4n) is 1.81. The van der Waals surface area contributed by atoms with Gasteiger partial charge >= 0.3 is 0 Å². The molecule has 1 rings (SSSR count). The van der Waals surface area contributed by atoms with Crippen LogP contribution >= 0.6 is 11.8 Å². The maximum absolute atomic E-state index is 5.48. The summed E-state index contributed by atoms with van der Waals surface area (Å²) in [4.78, 5) is 0. The van der Waals surface area contributed by atoms with Crippen molar-refractivity contribution in [3.8, 4) is 0 Å². The van der Waals surface area contributed by atoms with Gasteiger partial charge in [0, 0.05) is 22.3 Å². The molecule has 1 saturated heterocycles. The number of rotatable bonds is 0. The summed E-state index contributed by atoms with van der Waals surface area (Å²) in [5, 5.41) is 7.80. The van der Waals surface area contributed by atoms with E-state index in [1.165, 1.54) is 0 Å². The smallest absolute Gasteiger partial charge is 0.0902 e. The summed E-state index contributed by atoms with van der Waals surface area (Å²) in [6.45, 7) is 8.49. The van der Waals surface area contributed by atoms with Crippen LogP contribution in [-0.2, 0) is 0 Å². The number of hydrogen-bond donors (Lipinski definition) is 2. The highest BCUT2D eigenvalue weighted by atomic mass is 32.2. The summed E-state index contributed by atoms with van der Waals surface area (Å²) in [7, 11) is 0.